The number of hydrogen-bond donors (Lipinski definition) is 1. The largest absolute Gasteiger partial charge is 0.494 e. The lowest BCUT2D eigenvalue weighted by atomic mass is 9.96. The van der Waals surface area contributed by atoms with E-state index >= 15 is 0 Å². The Morgan fingerprint density at radius 2 is 2.00 bits per heavy atom. The number of pyridine rings is 1. The SMILES string of the molecule is CCNc1c(C(C)C)c(C)nc2ccc(OCC)cc12. The lowest BCUT2D eigenvalue weighted by molar-refractivity contribution is 0.340. The van der Waals surface area contributed by atoms with Gasteiger partial charge in [-0.1, -0.05) is 13.8 Å². The van der Waals surface area contributed by atoms with Gasteiger partial charge in [-0.25, -0.2) is 0 Å². The molecular formula is C17H24N2O. The third kappa shape index (κ3) is 2.72. The number of rotatable bonds is 5. The van der Waals surface area contributed by atoms with Crippen LogP contribution in [0.5, 0.6) is 5.75 Å². The standard InChI is InChI=1S/C17H24N2O/c1-6-18-17-14-10-13(20-7-2)8-9-15(14)19-12(5)16(17)11(3)4/h8-11H,6-7H2,1-5H3,(H,18,19). The number of benzene rings is 1. The third-order valence-electron chi connectivity index (χ3n) is 3.43. The first-order valence-electron chi connectivity index (χ1n) is 7.39. The average molecular weight is 272 g/mol. The van der Waals surface area contributed by atoms with Gasteiger partial charge in [-0.3, -0.25) is 4.98 Å². The van der Waals surface area contributed by atoms with Gasteiger partial charge in [0.2, 0.25) is 0 Å². The second kappa shape index (κ2) is 6.12. The molecule has 1 aromatic heterocycles. The van der Waals surface area contributed by atoms with Gasteiger partial charge in [0.1, 0.15) is 5.75 Å². The molecule has 1 N–H and O–H groups in total. The van der Waals surface area contributed by atoms with Crippen molar-refractivity contribution >= 4 is 16.6 Å². The third-order valence-corrected chi connectivity index (χ3v) is 3.43. The molecule has 20 heavy (non-hydrogen) atoms. The highest BCUT2D eigenvalue weighted by Gasteiger charge is 2.15. The fraction of sp³-hybridized carbons (Fsp3) is 0.471. The normalized spacial score (nSPS) is 11.1. The molecular weight excluding hydrogens is 248 g/mol. The summed E-state index contributed by atoms with van der Waals surface area (Å²) in [5, 5.41) is 4.66. The Labute approximate surface area is 121 Å². The Bertz CT molecular complexity index is 605. The van der Waals surface area contributed by atoms with Crippen LogP contribution in [0.3, 0.4) is 0 Å². The molecule has 2 aromatic rings. The molecule has 0 fully saturated rings. The maximum Gasteiger partial charge on any atom is 0.120 e. The van der Waals surface area contributed by atoms with E-state index in [4.69, 9.17) is 9.72 Å². The predicted octanol–water partition coefficient (Wildman–Crippen LogP) is 4.50. The van der Waals surface area contributed by atoms with E-state index in [1.54, 1.807) is 0 Å². The molecule has 0 aliphatic rings. The van der Waals surface area contributed by atoms with Crippen LogP contribution >= 0.6 is 0 Å². The van der Waals surface area contributed by atoms with Crippen molar-refractivity contribution in [2.24, 2.45) is 0 Å². The van der Waals surface area contributed by atoms with Crippen LogP contribution in [0, 0.1) is 6.92 Å². The molecule has 0 unspecified atom stereocenters. The van der Waals surface area contributed by atoms with Gasteiger partial charge in [0.15, 0.2) is 0 Å². The number of aromatic nitrogens is 1. The molecule has 1 aromatic carbocycles. The molecule has 0 radical (unpaired) electrons. The molecule has 0 aliphatic heterocycles. The van der Waals surface area contributed by atoms with Crippen LogP contribution in [0.2, 0.25) is 0 Å². The van der Waals surface area contributed by atoms with Crippen molar-refractivity contribution in [1.82, 2.24) is 4.98 Å². The highest BCUT2D eigenvalue weighted by Crippen LogP contribution is 2.35. The van der Waals surface area contributed by atoms with E-state index in [0.717, 1.165) is 28.9 Å². The topological polar surface area (TPSA) is 34.2 Å². The molecule has 2 rings (SSSR count). The van der Waals surface area contributed by atoms with Gasteiger partial charge in [0, 0.05) is 23.3 Å². The maximum absolute atomic E-state index is 5.62. The number of ether oxygens (including phenoxy) is 1. The van der Waals surface area contributed by atoms with Crippen LogP contribution in [0.1, 0.15) is 44.9 Å². The van der Waals surface area contributed by atoms with E-state index in [-0.39, 0.29) is 0 Å². The van der Waals surface area contributed by atoms with Crippen molar-refractivity contribution in [2.75, 3.05) is 18.5 Å². The Morgan fingerprint density at radius 3 is 2.60 bits per heavy atom. The summed E-state index contributed by atoms with van der Waals surface area (Å²) in [6.45, 7) is 12.2. The Morgan fingerprint density at radius 1 is 1.25 bits per heavy atom. The lowest BCUT2D eigenvalue weighted by Crippen LogP contribution is -2.07. The summed E-state index contributed by atoms with van der Waals surface area (Å²) in [4.78, 5) is 4.75. The van der Waals surface area contributed by atoms with Gasteiger partial charge < -0.3 is 10.1 Å². The summed E-state index contributed by atoms with van der Waals surface area (Å²) in [6, 6.07) is 6.12. The minimum absolute atomic E-state index is 0.441. The lowest BCUT2D eigenvalue weighted by Gasteiger charge is -2.19. The number of anilines is 1. The van der Waals surface area contributed by atoms with Gasteiger partial charge >= 0.3 is 0 Å². The Balaban J connectivity index is 2.72. The van der Waals surface area contributed by atoms with E-state index < -0.39 is 0 Å². The molecule has 3 heteroatoms. The molecule has 0 saturated carbocycles. The smallest absolute Gasteiger partial charge is 0.120 e. The molecule has 108 valence electrons. The number of nitrogens with one attached hydrogen (secondary N) is 1. The molecule has 0 spiro atoms. The van der Waals surface area contributed by atoms with Crippen LogP contribution in [0.15, 0.2) is 18.2 Å². The van der Waals surface area contributed by atoms with Crippen LogP contribution < -0.4 is 10.1 Å². The minimum atomic E-state index is 0.441. The second-order valence-electron chi connectivity index (χ2n) is 5.28. The molecule has 0 atom stereocenters. The summed E-state index contributed by atoms with van der Waals surface area (Å²) < 4.78 is 5.62. The summed E-state index contributed by atoms with van der Waals surface area (Å²) in [5.74, 6) is 1.34. The molecule has 0 saturated heterocycles. The van der Waals surface area contributed by atoms with Gasteiger partial charge in [0.05, 0.1) is 12.1 Å². The molecule has 0 amide bonds. The maximum atomic E-state index is 5.62. The highest BCUT2D eigenvalue weighted by atomic mass is 16.5. The number of aryl methyl sites for hydroxylation is 1. The van der Waals surface area contributed by atoms with E-state index in [1.807, 2.05) is 19.1 Å². The summed E-state index contributed by atoms with van der Waals surface area (Å²) in [7, 11) is 0. The Kier molecular flexibility index (Phi) is 4.48. The average Bonchev–Trinajstić information content (AvgIpc) is 2.39. The summed E-state index contributed by atoms with van der Waals surface area (Å²) >= 11 is 0. The quantitative estimate of drug-likeness (QED) is 0.870. The number of nitrogens with zero attached hydrogens (tertiary/aromatic N) is 1. The van der Waals surface area contributed by atoms with Gasteiger partial charge in [-0.15, -0.1) is 0 Å². The summed E-state index contributed by atoms with van der Waals surface area (Å²) in [6.07, 6.45) is 0. The zero-order chi connectivity index (χ0) is 14.7. The van der Waals surface area contributed by atoms with Gasteiger partial charge in [-0.2, -0.15) is 0 Å². The van der Waals surface area contributed by atoms with Crippen molar-refractivity contribution in [3.63, 3.8) is 0 Å². The minimum Gasteiger partial charge on any atom is -0.494 e. The zero-order valence-electron chi connectivity index (χ0n) is 13.1. The first-order chi connectivity index (χ1) is 9.58. The second-order valence-corrected chi connectivity index (χ2v) is 5.28. The summed E-state index contributed by atoms with van der Waals surface area (Å²) in [5.41, 5.74) is 4.62. The van der Waals surface area contributed by atoms with Crippen molar-refractivity contribution in [1.29, 1.82) is 0 Å². The van der Waals surface area contributed by atoms with Crippen molar-refractivity contribution in [3.05, 3.63) is 29.5 Å². The van der Waals surface area contributed by atoms with Crippen molar-refractivity contribution in [3.8, 4) is 5.75 Å². The zero-order valence-corrected chi connectivity index (χ0v) is 13.1. The van der Waals surface area contributed by atoms with E-state index in [9.17, 15) is 0 Å². The van der Waals surface area contributed by atoms with E-state index in [1.165, 1.54) is 11.3 Å². The van der Waals surface area contributed by atoms with Gasteiger partial charge in [-0.05, 0) is 50.5 Å². The van der Waals surface area contributed by atoms with E-state index in [0.29, 0.717) is 12.5 Å². The highest BCUT2D eigenvalue weighted by molar-refractivity contribution is 5.94. The van der Waals surface area contributed by atoms with Crippen LogP contribution in [0.4, 0.5) is 5.69 Å². The van der Waals surface area contributed by atoms with Crippen LogP contribution in [-0.2, 0) is 0 Å². The first-order valence-corrected chi connectivity index (χ1v) is 7.39. The van der Waals surface area contributed by atoms with E-state index in [2.05, 4.69) is 39.1 Å². The first kappa shape index (κ1) is 14.6. The molecule has 0 aliphatic carbocycles. The van der Waals surface area contributed by atoms with Crippen molar-refractivity contribution < 1.29 is 4.74 Å². The fourth-order valence-corrected chi connectivity index (χ4v) is 2.71. The Hall–Kier alpha value is -1.77. The van der Waals surface area contributed by atoms with Crippen LogP contribution in [-0.4, -0.2) is 18.1 Å². The number of hydrogen-bond acceptors (Lipinski definition) is 3. The van der Waals surface area contributed by atoms with Crippen molar-refractivity contribution in [2.45, 2.75) is 40.5 Å². The monoisotopic (exact) mass is 272 g/mol. The molecule has 0 bridgehead atoms. The van der Waals surface area contributed by atoms with Gasteiger partial charge in [0.25, 0.3) is 0 Å². The van der Waals surface area contributed by atoms with Crippen LogP contribution in [0.25, 0.3) is 10.9 Å². The predicted molar refractivity (Wildman–Crippen MR) is 85.9 cm³/mol. The molecule has 1 heterocycles. The number of fused-ring (bicyclic) bond motifs is 1. The fourth-order valence-electron chi connectivity index (χ4n) is 2.71. The molecule has 3 nitrogen and oxygen atoms in total.